The molecule has 1 aromatic heterocycles. The molecule has 0 bridgehead atoms. The summed E-state index contributed by atoms with van der Waals surface area (Å²) in [5.41, 5.74) is 6.77. The highest BCUT2D eigenvalue weighted by Crippen LogP contribution is 2.14. The van der Waals surface area contributed by atoms with E-state index < -0.39 is 0 Å². The lowest BCUT2D eigenvalue weighted by molar-refractivity contribution is 0.0954. The number of rotatable bonds is 6. The molecule has 29 heavy (non-hydrogen) atoms. The zero-order valence-electron chi connectivity index (χ0n) is 15.9. The summed E-state index contributed by atoms with van der Waals surface area (Å²) in [6.45, 7) is 0.480. The first-order valence-corrected chi connectivity index (χ1v) is 9.21. The highest BCUT2D eigenvalue weighted by molar-refractivity contribution is 6.02. The van der Waals surface area contributed by atoms with Crippen LogP contribution in [-0.2, 0) is 6.54 Å². The van der Waals surface area contributed by atoms with E-state index in [0.717, 1.165) is 22.3 Å². The molecule has 4 aromatic rings. The van der Waals surface area contributed by atoms with Crippen LogP contribution in [0.25, 0.3) is 11.0 Å². The second-order valence-corrected chi connectivity index (χ2v) is 6.46. The fourth-order valence-electron chi connectivity index (χ4n) is 3.04. The highest BCUT2D eigenvalue weighted by Gasteiger charge is 2.10. The monoisotopic (exact) mass is 384 g/mol. The van der Waals surface area contributed by atoms with Gasteiger partial charge in [0.1, 0.15) is 5.75 Å². The number of methoxy groups -OCH3 is 1. The number of carbonyl (C=O) groups is 1. The fourth-order valence-corrected chi connectivity index (χ4v) is 3.04. The minimum absolute atomic E-state index is 0.281. The minimum Gasteiger partial charge on any atom is -0.497 e. The first-order valence-electron chi connectivity index (χ1n) is 9.21. The van der Waals surface area contributed by atoms with E-state index in [2.05, 4.69) is 15.5 Å². The summed E-state index contributed by atoms with van der Waals surface area (Å²) in [5.74, 6) is 0.415. The molecular weight excluding hydrogens is 364 g/mol. The SMILES string of the molecule is COc1ccc(C(=O)N/N=C(\Cn2cnc3ccccc32)c2ccccc2)cc1. The normalized spacial score (nSPS) is 11.4. The molecule has 0 unspecified atom stereocenters. The molecule has 0 aliphatic carbocycles. The van der Waals surface area contributed by atoms with Gasteiger partial charge in [-0.2, -0.15) is 5.10 Å². The van der Waals surface area contributed by atoms with Crippen LogP contribution < -0.4 is 10.2 Å². The maximum absolute atomic E-state index is 12.5. The number of carbonyl (C=O) groups excluding carboxylic acids is 1. The number of para-hydroxylation sites is 2. The van der Waals surface area contributed by atoms with E-state index in [9.17, 15) is 4.79 Å². The van der Waals surface area contributed by atoms with Gasteiger partial charge in [-0.3, -0.25) is 4.79 Å². The largest absolute Gasteiger partial charge is 0.497 e. The predicted octanol–water partition coefficient (Wildman–Crippen LogP) is 3.88. The van der Waals surface area contributed by atoms with Crippen LogP contribution in [0.2, 0.25) is 0 Å². The zero-order valence-corrected chi connectivity index (χ0v) is 15.9. The van der Waals surface area contributed by atoms with Crippen LogP contribution in [0.5, 0.6) is 5.75 Å². The average molecular weight is 384 g/mol. The van der Waals surface area contributed by atoms with Crippen LogP contribution >= 0.6 is 0 Å². The van der Waals surface area contributed by atoms with Crippen molar-refractivity contribution in [3.8, 4) is 5.75 Å². The Morgan fingerprint density at radius 2 is 1.69 bits per heavy atom. The Bertz CT molecular complexity index is 1150. The molecule has 0 aliphatic rings. The van der Waals surface area contributed by atoms with E-state index in [1.807, 2.05) is 59.2 Å². The van der Waals surface area contributed by atoms with E-state index in [4.69, 9.17) is 4.74 Å². The van der Waals surface area contributed by atoms with E-state index >= 15 is 0 Å². The standard InChI is InChI=1S/C23H20N4O2/c1-29-19-13-11-18(12-14-19)23(28)26-25-21(17-7-3-2-4-8-17)15-27-16-24-20-9-5-6-10-22(20)27/h2-14,16H,15H2,1H3,(H,26,28)/b25-21+. The van der Waals surface area contributed by atoms with Gasteiger partial charge in [0.25, 0.3) is 5.91 Å². The molecule has 0 atom stereocenters. The molecule has 0 spiro atoms. The lowest BCUT2D eigenvalue weighted by Crippen LogP contribution is -2.22. The van der Waals surface area contributed by atoms with Crippen molar-refractivity contribution in [2.45, 2.75) is 6.54 Å². The quantitative estimate of drug-likeness (QED) is 0.405. The van der Waals surface area contributed by atoms with Crippen molar-refractivity contribution in [2.75, 3.05) is 7.11 Å². The Hall–Kier alpha value is -3.93. The lowest BCUT2D eigenvalue weighted by Gasteiger charge is -2.10. The van der Waals surface area contributed by atoms with Gasteiger partial charge in [-0.05, 0) is 42.0 Å². The molecule has 6 heteroatoms. The first-order chi connectivity index (χ1) is 14.2. The number of nitrogens with zero attached hydrogens (tertiary/aromatic N) is 3. The molecule has 0 fully saturated rings. The number of hydrogen-bond acceptors (Lipinski definition) is 4. The van der Waals surface area contributed by atoms with Gasteiger partial charge in [0.15, 0.2) is 0 Å². The molecule has 1 heterocycles. The average Bonchev–Trinajstić information content (AvgIpc) is 3.20. The number of ether oxygens (including phenoxy) is 1. The van der Waals surface area contributed by atoms with Crippen LogP contribution in [0.15, 0.2) is 90.3 Å². The van der Waals surface area contributed by atoms with Crippen molar-refractivity contribution in [1.29, 1.82) is 0 Å². The van der Waals surface area contributed by atoms with Gasteiger partial charge in [-0.15, -0.1) is 0 Å². The number of hydrogen-bond donors (Lipinski definition) is 1. The molecule has 6 nitrogen and oxygen atoms in total. The third-order valence-electron chi connectivity index (χ3n) is 4.60. The number of fused-ring (bicyclic) bond motifs is 1. The van der Waals surface area contributed by atoms with Gasteiger partial charge in [0.05, 0.1) is 36.7 Å². The molecule has 0 saturated carbocycles. The summed E-state index contributed by atoms with van der Waals surface area (Å²) in [6.07, 6.45) is 1.79. The molecule has 3 aromatic carbocycles. The lowest BCUT2D eigenvalue weighted by atomic mass is 10.1. The summed E-state index contributed by atoms with van der Waals surface area (Å²) >= 11 is 0. The van der Waals surface area contributed by atoms with Gasteiger partial charge in [0, 0.05) is 5.56 Å². The van der Waals surface area contributed by atoms with Crippen LogP contribution in [0, 0.1) is 0 Å². The minimum atomic E-state index is -0.281. The van der Waals surface area contributed by atoms with E-state index in [1.165, 1.54) is 0 Å². The van der Waals surface area contributed by atoms with Crippen molar-refractivity contribution >= 4 is 22.7 Å². The van der Waals surface area contributed by atoms with Gasteiger partial charge in [-0.25, -0.2) is 10.4 Å². The van der Waals surface area contributed by atoms with Crippen LogP contribution in [0.3, 0.4) is 0 Å². The molecule has 0 saturated heterocycles. The summed E-state index contributed by atoms with van der Waals surface area (Å²) in [6, 6.07) is 24.6. The van der Waals surface area contributed by atoms with Gasteiger partial charge in [-0.1, -0.05) is 42.5 Å². The number of hydrazone groups is 1. The second-order valence-electron chi connectivity index (χ2n) is 6.46. The number of imidazole rings is 1. The van der Waals surface area contributed by atoms with Gasteiger partial charge in [0.2, 0.25) is 0 Å². The zero-order chi connectivity index (χ0) is 20.1. The smallest absolute Gasteiger partial charge is 0.271 e. The Kier molecular flexibility index (Phi) is 5.33. The Labute approximate surface area is 168 Å². The van der Waals surface area contributed by atoms with Crippen molar-refractivity contribution in [1.82, 2.24) is 15.0 Å². The Morgan fingerprint density at radius 3 is 2.45 bits per heavy atom. The summed E-state index contributed by atoms with van der Waals surface area (Å²) in [7, 11) is 1.59. The molecule has 4 rings (SSSR count). The summed E-state index contributed by atoms with van der Waals surface area (Å²) < 4.78 is 7.15. The van der Waals surface area contributed by atoms with Crippen LogP contribution in [0.1, 0.15) is 15.9 Å². The molecule has 1 amide bonds. The summed E-state index contributed by atoms with van der Waals surface area (Å²) in [4.78, 5) is 17.0. The first kappa shape index (κ1) is 18.4. The highest BCUT2D eigenvalue weighted by atomic mass is 16.5. The van der Waals surface area contributed by atoms with Crippen molar-refractivity contribution < 1.29 is 9.53 Å². The van der Waals surface area contributed by atoms with Crippen molar-refractivity contribution in [2.24, 2.45) is 5.10 Å². The topological polar surface area (TPSA) is 68.5 Å². The van der Waals surface area contributed by atoms with Crippen molar-refractivity contribution in [3.63, 3.8) is 0 Å². The second kappa shape index (κ2) is 8.39. The Balaban J connectivity index is 1.61. The number of nitrogens with one attached hydrogen (secondary N) is 1. The molecule has 0 aliphatic heterocycles. The van der Waals surface area contributed by atoms with Crippen LogP contribution in [-0.4, -0.2) is 28.3 Å². The van der Waals surface area contributed by atoms with Gasteiger partial charge >= 0.3 is 0 Å². The van der Waals surface area contributed by atoms with E-state index in [-0.39, 0.29) is 5.91 Å². The summed E-state index contributed by atoms with van der Waals surface area (Å²) in [5, 5.41) is 4.43. The third-order valence-corrected chi connectivity index (χ3v) is 4.60. The predicted molar refractivity (Wildman–Crippen MR) is 113 cm³/mol. The van der Waals surface area contributed by atoms with E-state index in [0.29, 0.717) is 17.9 Å². The third kappa shape index (κ3) is 4.16. The molecular formula is C23H20N4O2. The van der Waals surface area contributed by atoms with Crippen LogP contribution in [0.4, 0.5) is 0 Å². The number of amides is 1. The fraction of sp³-hybridized carbons (Fsp3) is 0.0870. The molecule has 0 radical (unpaired) electrons. The number of aromatic nitrogens is 2. The number of benzene rings is 3. The molecule has 144 valence electrons. The molecule has 1 N–H and O–H groups in total. The maximum atomic E-state index is 12.5. The van der Waals surface area contributed by atoms with E-state index in [1.54, 1.807) is 37.7 Å². The van der Waals surface area contributed by atoms with Crippen molar-refractivity contribution in [3.05, 3.63) is 96.3 Å². The Morgan fingerprint density at radius 1 is 0.966 bits per heavy atom. The maximum Gasteiger partial charge on any atom is 0.271 e. The van der Waals surface area contributed by atoms with Gasteiger partial charge < -0.3 is 9.30 Å².